The van der Waals surface area contributed by atoms with Crippen molar-refractivity contribution >= 4 is 29.5 Å². The molecule has 0 unspecified atom stereocenters. The van der Waals surface area contributed by atoms with E-state index in [1.807, 2.05) is 0 Å². The van der Waals surface area contributed by atoms with E-state index in [2.05, 4.69) is 27.8 Å². The first kappa shape index (κ1) is 27.5. The zero-order valence-corrected chi connectivity index (χ0v) is 21.7. The Balaban J connectivity index is 1.63. The Kier molecular flexibility index (Phi) is 9.33. The molecule has 0 aromatic carbocycles. The molecule has 1 aromatic rings. The molecule has 0 saturated heterocycles. The van der Waals surface area contributed by atoms with Gasteiger partial charge in [0, 0.05) is 6.20 Å². The normalized spacial score (nSPS) is 20.0. The second kappa shape index (κ2) is 12.2. The number of nitriles is 2. The predicted molar refractivity (Wildman–Crippen MR) is 134 cm³/mol. The third-order valence-electron chi connectivity index (χ3n) is 6.87. The second-order valence-corrected chi connectivity index (χ2v) is 11.0. The molecule has 0 spiro atoms. The van der Waals surface area contributed by atoms with E-state index < -0.39 is 34.3 Å². The van der Waals surface area contributed by atoms with Gasteiger partial charge in [-0.25, -0.2) is 9.78 Å². The molecule has 2 aliphatic rings. The number of rotatable bonds is 8. The lowest BCUT2D eigenvalue weighted by Crippen LogP contribution is -2.52. The van der Waals surface area contributed by atoms with Crippen LogP contribution in [0.25, 0.3) is 0 Å². The standard InChI is InChI=1S/C26H33N5O4S/c1-18(21(32)30-25(16-27)11-5-3-6-12-25)35-24(34)20-10-9-15-29-23(20)36-19(2)22(33)31-26(17-28)13-7-4-8-14-26/h9-10,15,18-19H,3-8,11-14H2,1-2H3,(H,30,32)(H,31,33)/t18-,19+/m0/s1. The molecule has 2 atom stereocenters. The van der Waals surface area contributed by atoms with Gasteiger partial charge in [0.05, 0.1) is 23.0 Å². The first-order chi connectivity index (χ1) is 17.2. The summed E-state index contributed by atoms with van der Waals surface area (Å²) in [5.74, 6) is -1.56. The van der Waals surface area contributed by atoms with Crippen LogP contribution in [0.1, 0.15) is 88.4 Å². The van der Waals surface area contributed by atoms with Gasteiger partial charge in [-0.3, -0.25) is 9.59 Å². The van der Waals surface area contributed by atoms with Crippen LogP contribution in [-0.4, -0.2) is 45.2 Å². The van der Waals surface area contributed by atoms with Crippen molar-refractivity contribution in [1.82, 2.24) is 15.6 Å². The number of hydrogen-bond donors (Lipinski definition) is 2. The lowest BCUT2D eigenvalue weighted by atomic mass is 9.83. The zero-order chi connectivity index (χ0) is 26.2. The maximum atomic E-state index is 12.9. The fraction of sp³-hybridized carbons (Fsp3) is 0.615. The maximum Gasteiger partial charge on any atom is 0.341 e. The lowest BCUT2D eigenvalue weighted by molar-refractivity contribution is -0.130. The molecule has 3 rings (SSSR count). The third-order valence-corrected chi connectivity index (χ3v) is 7.99. The van der Waals surface area contributed by atoms with Crippen LogP contribution in [0.5, 0.6) is 0 Å². The monoisotopic (exact) mass is 511 g/mol. The number of nitrogens with one attached hydrogen (secondary N) is 2. The number of ether oxygens (including phenoxy) is 1. The number of pyridine rings is 1. The van der Waals surface area contributed by atoms with Crippen molar-refractivity contribution in [2.24, 2.45) is 0 Å². The molecule has 0 bridgehead atoms. The third kappa shape index (κ3) is 6.76. The Morgan fingerprint density at radius 3 is 2.00 bits per heavy atom. The highest BCUT2D eigenvalue weighted by atomic mass is 32.2. The van der Waals surface area contributed by atoms with Crippen molar-refractivity contribution < 1.29 is 19.1 Å². The molecule has 2 amide bonds. The number of nitrogens with zero attached hydrogens (tertiary/aromatic N) is 3. The Morgan fingerprint density at radius 1 is 0.944 bits per heavy atom. The average Bonchev–Trinajstić information content (AvgIpc) is 2.89. The van der Waals surface area contributed by atoms with E-state index in [4.69, 9.17) is 4.74 Å². The Bertz CT molecular complexity index is 1050. The molecule has 0 aliphatic heterocycles. The molecule has 9 nitrogen and oxygen atoms in total. The van der Waals surface area contributed by atoms with Gasteiger partial charge >= 0.3 is 5.97 Å². The molecule has 2 aliphatic carbocycles. The van der Waals surface area contributed by atoms with Crippen molar-refractivity contribution in [3.05, 3.63) is 23.9 Å². The summed E-state index contributed by atoms with van der Waals surface area (Å²) in [7, 11) is 0. The van der Waals surface area contributed by atoms with E-state index >= 15 is 0 Å². The quantitative estimate of drug-likeness (QED) is 0.396. The Morgan fingerprint density at radius 2 is 1.47 bits per heavy atom. The number of esters is 1. The fourth-order valence-electron chi connectivity index (χ4n) is 4.65. The molecular weight excluding hydrogens is 478 g/mol. The van der Waals surface area contributed by atoms with Gasteiger partial charge in [-0.1, -0.05) is 50.3 Å². The summed E-state index contributed by atoms with van der Waals surface area (Å²) >= 11 is 1.09. The molecule has 2 fully saturated rings. The van der Waals surface area contributed by atoms with Crippen molar-refractivity contribution in [3.8, 4) is 12.1 Å². The van der Waals surface area contributed by atoms with Gasteiger partial charge in [-0.05, 0) is 51.7 Å². The van der Waals surface area contributed by atoms with Gasteiger partial charge in [0.2, 0.25) is 5.91 Å². The van der Waals surface area contributed by atoms with Gasteiger partial charge < -0.3 is 15.4 Å². The van der Waals surface area contributed by atoms with Crippen LogP contribution in [-0.2, 0) is 14.3 Å². The van der Waals surface area contributed by atoms with Gasteiger partial charge in [0.15, 0.2) is 6.10 Å². The molecule has 1 aromatic heterocycles. The summed E-state index contributed by atoms with van der Waals surface area (Å²) in [6, 6.07) is 7.61. The van der Waals surface area contributed by atoms with Gasteiger partial charge in [-0.2, -0.15) is 10.5 Å². The number of carbonyl (C=O) groups is 3. The van der Waals surface area contributed by atoms with E-state index in [0.29, 0.717) is 30.7 Å². The first-order valence-corrected chi connectivity index (χ1v) is 13.4. The van der Waals surface area contributed by atoms with Crippen molar-refractivity contribution in [1.29, 1.82) is 10.5 Å². The van der Waals surface area contributed by atoms with Crippen LogP contribution in [0.2, 0.25) is 0 Å². The largest absolute Gasteiger partial charge is 0.449 e. The SMILES string of the molecule is C[C@H](OC(=O)c1cccnc1S[C@H](C)C(=O)NC1(C#N)CCCCC1)C(=O)NC1(C#N)CCCCC1. The van der Waals surface area contributed by atoms with Gasteiger partial charge in [0.1, 0.15) is 16.1 Å². The van der Waals surface area contributed by atoms with E-state index in [1.165, 1.54) is 19.2 Å². The minimum atomic E-state index is -1.11. The highest BCUT2D eigenvalue weighted by molar-refractivity contribution is 8.00. The molecular formula is C26H33N5O4S. The van der Waals surface area contributed by atoms with E-state index in [1.54, 1.807) is 13.0 Å². The number of thioether (sulfide) groups is 1. The number of amides is 2. The molecule has 36 heavy (non-hydrogen) atoms. The summed E-state index contributed by atoms with van der Waals surface area (Å²) in [6.45, 7) is 3.16. The topological polar surface area (TPSA) is 145 Å². The molecule has 1 heterocycles. The molecule has 2 N–H and O–H groups in total. The summed E-state index contributed by atoms with van der Waals surface area (Å²) in [4.78, 5) is 42.7. The van der Waals surface area contributed by atoms with Crippen LogP contribution in [0.3, 0.4) is 0 Å². The Hall–Kier alpha value is -3.11. The van der Waals surface area contributed by atoms with Crippen LogP contribution in [0.15, 0.2) is 23.4 Å². The van der Waals surface area contributed by atoms with E-state index in [0.717, 1.165) is 50.3 Å². The van der Waals surface area contributed by atoms with E-state index in [-0.39, 0.29) is 11.5 Å². The Labute approximate surface area is 216 Å². The minimum absolute atomic E-state index is 0.141. The van der Waals surface area contributed by atoms with Crippen molar-refractivity contribution in [2.45, 2.75) is 106 Å². The average molecular weight is 512 g/mol. The highest BCUT2D eigenvalue weighted by Gasteiger charge is 2.37. The first-order valence-electron chi connectivity index (χ1n) is 12.5. The maximum absolute atomic E-state index is 12.9. The molecule has 0 radical (unpaired) electrons. The predicted octanol–water partition coefficient (Wildman–Crippen LogP) is 3.79. The number of carbonyl (C=O) groups excluding carboxylic acids is 3. The zero-order valence-electron chi connectivity index (χ0n) is 20.8. The van der Waals surface area contributed by atoms with Crippen LogP contribution >= 0.6 is 11.8 Å². The smallest absolute Gasteiger partial charge is 0.341 e. The second-order valence-electron chi connectivity index (χ2n) is 9.65. The van der Waals surface area contributed by atoms with Crippen LogP contribution in [0.4, 0.5) is 0 Å². The highest BCUT2D eigenvalue weighted by Crippen LogP contribution is 2.31. The number of aromatic nitrogens is 1. The number of hydrogen-bond acceptors (Lipinski definition) is 8. The lowest BCUT2D eigenvalue weighted by Gasteiger charge is -2.32. The summed E-state index contributed by atoms with van der Waals surface area (Å²) in [5, 5.41) is 24.6. The molecule has 192 valence electrons. The fourth-order valence-corrected chi connectivity index (χ4v) is 5.55. The summed E-state index contributed by atoms with van der Waals surface area (Å²) in [6.07, 6.45) is 8.40. The van der Waals surface area contributed by atoms with E-state index in [9.17, 15) is 24.9 Å². The molecule has 2 saturated carbocycles. The minimum Gasteiger partial charge on any atom is -0.449 e. The van der Waals surface area contributed by atoms with Crippen molar-refractivity contribution in [3.63, 3.8) is 0 Å². The van der Waals surface area contributed by atoms with Gasteiger partial charge in [0.25, 0.3) is 5.91 Å². The van der Waals surface area contributed by atoms with Crippen LogP contribution < -0.4 is 10.6 Å². The van der Waals surface area contributed by atoms with Gasteiger partial charge in [-0.15, -0.1) is 0 Å². The molecule has 10 heteroatoms. The summed E-state index contributed by atoms with van der Waals surface area (Å²) < 4.78 is 5.41. The summed E-state index contributed by atoms with van der Waals surface area (Å²) in [5.41, 5.74) is -1.63. The van der Waals surface area contributed by atoms with Crippen LogP contribution in [0, 0.1) is 22.7 Å². The van der Waals surface area contributed by atoms with Crippen molar-refractivity contribution in [2.75, 3.05) is 0 Å².